The fraction of sp³-hybridized carbons (Fsp3) is 0.0370. The summed E-state index contributed by atoms with van der Waals surface area (Å²) in [6.07, 6.45) is 1.52. The van der Waals surface area contributed by atoms with Gasteiger partial charge in [0.25, 0.3) is 0 Å². The zero-order chi connectivity index (χ0) is 22.2. The van der Waals surface area contributed by atoms with Gasteiger partial charge in [0.05, 0.1) is 6.21 Å². The van der Waals surface area contributed by atoms with Gasteiger partial charge in [-0.3, -0.25) is 0 Å². The van der Waals surface area contributed by atoms with E-state index >= 15 is 0 Å². The zero-order valence-electron chi connectivity index (χ0n) is 17.4. The molecule has 5 nitrogen and oxygen atoms in total. The van der Waals surface area contributed by atoms with Crippen molar-refractivity contribution < 1.29 is 9.53 Å². The Kier molecular flexibility index (Phi) is 6.28. The molecular weight excluding hydrogens is 398 g/mol. The first kappa shape index (κ1) is 20.9. The number of urea groups is 1. The predicted octanol–water partition coefficient (Wildman–Crippen LogP) is 5.06. The lowest BCUT2D eigenvalue weighted by atomic mass is 9.80. The zero-order valence-corrected chi connectivity index (χ0v) is 17.4. The van der Waals surface area contributed by atoms with Crippen LogP contribution < -0.4 is 15.9 Å². The number of benzene rings is 4. The van der Waals surface area contributed by atoms with Gasteiger partial charge in [-0.1, -0.05) is 91.0 Å². The molecule has 5 heteroatoms. The van der Waals surface area contributed by atoms with Crippen LogP contribution in [-0.2, 0) is 5.60 Å². The maximum Gasteiger partial charge on any atom is 0.332 e. The molecule has 2 amide bonds. The van der Waals surface area contributed by atoms with Crippen LogP contribution in [0.15, 0.2) is 120 Å². The van der Waals surface area contributed by atoms with Gasteiger partial charge < -0.3 is 10.5 Å². The van der Waals surface area contributed by atoms with Gasteiger partial charge in [0.2, 0.25) is 0 Å². The molecule has 3 N–H and O–H groups in total. The molecule has 0 heterocycles. The van der Waals surface area contributed by atoms with Crippen molar-refractivity contribution in [2.45, 2.75) is 5.60 Å². The van der Waals surface area contributed by atoms with Crippen LogP contribution >= 0.6 is 0 Å². The van der Waals surface area contributed by atoms with Crippen LogP contribution in [0, 0.1) is 0 Å². The highest BCUT2D eigenvalue weighted by molar-refractivity contribution is 5.81. The van der Waals surface area contributed by atoms with E-state index in [9.17, 15) is 4.79 Å². The van der Waals surface area contributed by atoms with Gasteiger partial charge in [-0.25, -0.2) is 10.2 Å². The number of carbonyl (C=O) groups excluding carboxylic acids is 1. The second-order valence-corrected chi connectivity index (χ2v) is 7.18. The van der Waals surface area contributed by atoms with Crippen LogP contribution in [-0.4, -0.2) is 12.2 Å². The van der Waals surface area contributed by atoms with E-state index in [1.807, 2.05) is 78.9 Å². The second kappa shape index (κ2) is 9.62. The molecule has 4 rings (SSSR count). The van der Waals surface area contributed by atoms with Crippen LogP contribution in [0.5, 0.6) is 5.75 Å². The van der Waals surface area contributed by atoms with E-state index < -0.39 is 11.6 Å². The van der Waals surface area contributed by atoms with Crippen molar-refractivity contribution in [3.8, 4) is 5.75 Å². The molecule has 0 saturated heterocycles. The molecular formula is C27H23N3O2. The van der Waals surface area contributed by atoms with Gasteiger partial charge in [-0.05, 0) is 29.8 Å². The van der Waals surface area contributed by atoms with Crippen LogP contribution in [0.25, 0.3) is 0 Å². The largest absolute Gasteiger partial charge is 0.473 e. The molecule has 0 atom stereocenters. The number of nitrogens with one attached hydrogen (secondary N) is 1. The Labute approximate surface area is 187 Å². The van der Waals surface area contributed by atoms with Crippen molar-refractivity contribution in [2.24, 2.45) is 10.8 Å². The Morgan fingerprint density at radius 2 is 1.16 bits per heavy atom. The SMILES string of the molecule is NC(=O)NN=Cc1ccc(OC(c2ccccc2)(c2ccccc2)c2ccccc2)cc1. The minimum atomic E-state index is -0.840. The molecule has 0 bridgehead atoms. The number of amides is 2. The van der Waals surface area contributed by atoms with E-state index in [-0.39, 0.29) is 0 Å². The van der Waals surface area contributed by atoms with Crippen molar-refractivity contribution >= 4 is 12.2 Å². The minimum absolute atomic E-state index is 0.696. The Bertz CT molecular complexity index is 1080. The Morgan fingerprint density at radius 3 is 1.56 bits per heavy atom. The normalized spacial score (nSPS) is 11.2. The lowest BCUT2D eigenvalue weighted by Gasteiger charge is -2.36. The number of hydrazone groups is 1. The van der Waals surface area contributed by atoms with Crippen molar-refractivity contribution in [1.82, 2.24) is 5.43 Å². The first-order valence-corrected chi connectivity index (χ1v) is 10.2. The topological polar surface area (TPSA) is 76.7 Å². The van der Waals surface area contributed by atoms with Gasteiger partial charge >= 0.3 is 6.03 Å². The Balaban J connectivity index is 1.80. The molecule has 158 valence electrons. The number of nitrogens with two attached hydrogens (primary N) is 1. The number of hydrogen-bond acceptors (Lipinski definition) is 3. The summed E-state index contributed by atoms with van der Waals surface area (Å²) < 4.78 is 6.82. The standard InChI is InChI=1S/C27H23N3O2/c28-26(31)30-29-20-21-16-18-25(19-17-21)32-27(22-10-4-1-5-11-22,23-12-6-2-7-13-23)24-14-8-3-9-15-24/h1-20H,(H3,28,30,31). The molecule has 0 unspecified atom stereocenters. The lowest BCUT2D eigenvalue weighted by molar-refractivity contribution is 0.155. The molecule has 0 aromatic heterocycles. The summed E-state index contributed by atoms with van der Waals surface area (Å²) in [4.78, 5) is 10.8. The molecule has 0 spiro atoms. The van der Waals surface area contributed by atoms with Gasteiger partial charge in [0.1, 0.15) is 5.75 Å². The van der Waals surface area contributed by atoms with Crippen LogP contribution in [0.4, 0.5) is 4.79 Å². The number of primary amides is 1. The van der Waals surface area contributed by atoms with Crippen LogP contribution in [0.1, 0.15) is 22.3 Å². The van der Waals surface area contributed by atoms with Gasteiger partial charge in [-0.15, -0.1) is 0 Å². The summed E-state index contributed by atoms with van der Waals surface area (Å²) in [5.41, 5.74) is 10.2. The molecule has 0 aliphatic rings. The molecule has 0 aliphatic carbocycles. The highest BCUT2D eigenvalue weighted by Crippen LogP contribution is 2.41. The Morgan fingerprint density at radius 1 is 0.719 bits per heavy atom. The number of ether oxygens (including phenoxy) is 1. The van der Waals surface area contributed by atoms with Crippen molar-refractivity contribution in [3.63, 3.8) is 0 Å². The average Bonchev–Trinajstić information content (AvgIpc) is 2.85. The van der Waals surface area contributed by atoms with Crippen LogP contribution in [0.2, 0.25) is 0 Å². The van der Waals surface area contributed by atoms with Crippen molar-refractivity contribution in [1.29, 1.82) is 0 Å². The number of rotatable bonds is 7. The van der Waals surface area contributed by atoms with Gasteiger partial charge in [0.15, 0.2) is 5.60 Å². The molecule has 0 saturated carbocycles. The highest BCUT2D eigenvalue weighted by atomic mass is 16.5. The van der Waals surface area contributed by atoms with Crippen molar-refractivity contribution in [3.05, 3.63) is 138 Å². The quantitative estimate of drug-likeness (QED) is 0.249. The third kappa shape index (κ3) is 4.52. The smallest absolute Gasteiger partial charge is 0.332 e. The molecule has 0 fully saturated rings. The third-order valence-electron chi connectivity index (χ3n) is 5.08. The maximum atomic E-state index is 10.8. The fourth-order valence-corrected chi connectivity index (χ4v) is 3.66. The molecule has 4 aromatic carbocycles. The van der Waals surface area contributed by atoms with E-state index in [4.69, 9.17) is 10.5 Å². The summed E-state index contributed by atoms with van der Waals surface area (Å²) in [6.45, 7) is 0. The van der Waals surface area contributed by atoms with E-state index in [0.717, 1.165) is 22.3 Å². The van der Waals surface area contributed by atoms with E-state index in [2.05, 4.69) is 46.9 Å². The van der Waals surface area contributed by atoms with Gasteiger partial charge in [0, 0.05) is 16.7 Å². The number of hydrogen-bond donors (Lipinski definition) is 2. The van der Waals surface area contributed by atoms with E-state index in [0.29, 0.717) is 5.75 Å². The number of carbonyl (C=O) groups is 1. The highest BCUT2D eigenvalue weighted by Gasteiger charge is 2.38. The molecule has 4 aromatic rings. The summed E-state index contributed by atoms with van der Waals surface area (Å²) in [7, 11) is 0. The number of nitrogens with zero attached hydrogens (tertiary/aromatic N) is 1. The summed E-state index contributed by atoms with van der Waals surface area (Å²) in [5.74, 6) is 0.696. The lowest BCUT2D eigenvalue weighted by Crippen LogP contribution is -2.36. The first-order chi connectivity index (χ1) is 15.7. The average molecular weight is 422 g/mol. The fourth-order valence-electron chi connectivity index (χ4n) is 3.66. The van der Waals surface area contributed by atoms with E-state index in [1.165, 1.54) is 6.21 Å². The first-order valence-electron chi connectivity index (χ1n) is 10.2. The Hall–Kier alpha value is -4.38. The van der Waals surface area contributed by atoms with Crippen LogP contribution in [0.3, 0.4) is 0 Å². The molecule has 32 heavy (non-hydrogen) atoms. The summed E-state index contributed by atoms with van der Waals surface area (Å²) >= 11 is 0. The summed E-state index contributed by atoms with van der Waals surface area (Å²) in [6, 6.07) is 37.4. The predicted molar refractivity (Wildman–Crippen MR) is 127 cm³/mol. The van der Waals surface area contributed by atoms with E-state index in [1.54, 1.807) is 0 Å². The van der Waals surface area contributed by atoms with Crippen molar-refractivity contribution in [2.75, 3.05) is 0 Å². The third-order valence-corrected chi connectivity index (χ3v) is 5.08. The summed E-state index contributed by atoms with van der Waals surface area (Å²) in [5, 5.41) is 3.80. The second-order valence-electron chi connectivity index (χ2n) is 7.18. The molecule has 0 aliphatic heterocycles. The minimum Gasteiger partial charge on any atom is -0.473 e. The maximum absolute atomic E-state index is 10.8. The molecule has 0 radical (unpaired) electrons. The monoisotopic (exact) mass is 421 g/mol. The van der Waals surface area contributed by atoms with Gasteiger partial charge in [-0.2, -0.15) is 5.10 Å².